The molecule has 1 aromatic carbocycles. The summed E-state index contributed by atoms with van der Waals surface area (Å²) in [5, 5.41) is 10.8. The molecule has 0 saturated heterocycles. The molecule has 90 valence electrons. The fourth-order valence-corrected chi connectivity index (χ4v) is 2.94. The second-order valence-electron chi connectivity index (χ2n) is 4.00. The highest BCUT2D eigenvalue weighted by Gasteiger charge is 2.10. The summed E-state index contributed by atoms with van der Waals surface area (Å²) in [6.07, 6.45) is 1.24. The summed E-state index contributed by atoms with van der Waals surface area (Å²) in [5.41, 5.74) is 0.879. The van der Waals surface area contributed by atoms with Gasteiger partial charge in [-0.15, -0.1) is 11.3 Å². The Morgan fingerprint density at radius 3 is 2.65 bits per heavy atom. The highest BCUT2D eigenvalue weighted by molar-refractivity contribution is 7.11. The molecule has 0 aliphatic carbocycles. The molecule has 0 spiro atoms. The van der Waals surface area contributed by atoms with E-state index in [4.69, 9.17) is 11.6 Å². The zero-order valence-corrected chi connectivity index (χ0v) is 11.3. The normalized spacial score (nSPS) is 12.6. The minimum Gasteiger partial charge on any atom is -0.388 e. The largest absolute Gasteiger partial charge is 0.388 e. The van der Waals surface area contributed by atoms with Gasteiger partial charge < -0.3 is 5.11 Å². The molecule has 1 N–H and O–H groups in total. The molecular weight excluding hydrogens is 252 g/mol. The molecular formula is C14H15ClOS. The van der Waals surface area contributed by atoms with Crippen molar-refractivity contribution in [2.75, 3.05) is 0 Å². The Balaban J connectivity index is 2.08. The van der Waals surface area contributed by atoms with Gasteiger partial charge in [0.05, 0.1) is 6.10 Å². The highest BCUT2D eigenvalue weighted by Crippen LogP contribution is 2.25. The van der Waals surface area contributed by atoms with Gasteiger partial charge in [0.25, 0.3) is 0 Å². The fraction of sp³-hybridized carbons (Fsp3) is 0.286. The van der Waals surface area contributed by atoms with Crippen LogP contribution in [0.15, 0.2) is 36.4 Å². The van der Waals surface area contributed by atoms with Gasteiger partial charge in [-0.25, -0.2) is 0 Å². The summed E-state index contributed by atoms with van der Waals surface area (Å²) >= 11 is 7.68. The molecule has 1 unspecified atom stereocenters. The van der Waals surface area contributed by atoms with Crippen molar-refractivity contribution in [3.05, 3.63) is 56.7 Å². The van der Waals surface area contributed by atoms with Crippen LogP contribution in [0.2, 0.25) is 5.02 Å². The molecule has 0 saturated carbocycles. The van der Waals surface area contributed by atoms with E-state index in [-0.39, 0.29) is 0 Å². The van der Waals surface area contributed by atoms with Gasteiger partial charge >= 0.3 is 0 Å². The zero-order valence-electron chi connectivity index (χ0n) is 9.69. The Kier molecular flexibility index (Phi) is 4.21. The Bertz CT molecular complexity index is 492. The Hall–Kier alpha value is -0.830. The molecule has 0 aliphatic heterocycles. The van der Waals surface area contributed by atoms with Crippen molar-refractivity contribution in [1.82, 2.24) is 0 Å². The van der Waals surface area contributed by atoms with E-state index in [1.807, 2.05) is 24.3 Å². The third-order valence-corrected chi connectivity index (χ3v) is 4.18. The molecule has 1 aromatic heterocycles. The Morgan fingerprint density at radius 2 is 2.00 bits per heavy atom. The van der Waals surface area contributed by atoms with Gasteiger partial charge in [0.1, 0.15) is 0 Å². The van der Waals surface area contributed by atoms with Crippen molar-refractivity contribution in [3.63, 3.8) is 0 Å². The molecule has 0 bridgehead atoms. The van der Waals surface area contributed by atoms with Crippen LogP contribution in [0, 0.1) is 0 Å². The van der Waals surface area contributed by atoms with Gasteiger partial charge in [0.15, 0.2) is 0 Å². The first-order valence-electron chi connectivity index (χ1n) is 5.70. The van der Waals surface area contributed by atoms with E-state index >= 15 is 0 Å². The SMILES string of the molecule is CCc1ccc(CC(O)c2cccc(Cl)c2)s1. The van der Waals surface area contributed by atoms with E-state index in [2.05, 4.69) is 19.1 Å². The monoisotopic (exact) mass is 266 g/mol. The zero-order chi connectivity index (χ0) is 12.3. The van der Waals surface area contributed by atoms with Gasteiger partial charge in [-0.3, -0.25) is 0 Å². The second kappa shape index (κ2) is 5.67. The lowest BCUT2D eigenvalue weighted by Crippen LogP contribution is -2.00. The average Bonchev–Trinajstić information content (AvgIpc) is 2.77. The van der Waals surface area contributed by atoms with Crippen LogP contribution in [0.5, 0.6) is 0 Å². The minimum atomic E-state index is -0.475. The summed E-state index contributed by atoms with van der Waals surface area (Å²) in [6.45, 7) is 2.14. The summed E-state index contributed by atoms with van der Waals surface area (Å²) in [7, 11) is 0. The van der Waals surface area contributed by atoms with Crippen LogP contribution in [0.25, 0.3) is 0 Å². The van der Waals surface area contributed by atoms with Crippen molar-refractivity contribution >= 4 is 22.9 Å². The van der Waals surface area contributed by atoms with Crippen LogP contribution in [-0.2, 0) is 12.8 Å². The quantitative estimate of drug-likeness (QED) is 0.878. The molecule has 2 aromatic rings. The van der Waals surface area contributed by atoms with Crippen LogP contribution in [0.1, 0.15) is 28.3 Å². The molecule has 17 heavy (non-hydrogen) atoms. The van der Waals surface area contributed by atoms with Crippen LogP contribution in [0.3, 0.4) is 0 Å². The molecule has 0 aliphatic rings. The molecule has 0 amide bonds. The van der Waals surface area contributed by atoms with Gasteiger partial charge in [-0.1, -0.05) is 30.7 Å². The van der Waals surface area contributed by atoms with Gasteiger partial charge in [0, 0.05) is 21.2 Å². The summed E-state index contributed by atoms with van der Waals surface area (Å²) in [5.74, 6) is 0. The lowest BCUT2D eigenvalue weighted by Gasteiger charge is -2.09. The minimum absolute atomic E-state index is 0.475. The third kappa shape index (κ3) is 3.32. The maximum atomic E-state index is 10.1. The third-order valence-electron chi connectivity index (χ3n) is 2.69. The summed E-state index contributed by atoms with van der Waals surface area (Å²) in [4.78, 5) is 2.58. The van der Waals surface area contributed by atoms with Crippen molar-refractivity contribution in [1.29, 1.82) is 0 Å². The average molecular weight is 267 g/mol. The maximum absolute atomic E-state index is 10.1. The topological polar surface area (TPSA) is 20.2 Å². The number of benzene rings is 1. The smallest absolute Gasteiger partial charge is 0.0838 e. The molecule has 1 nitrogen and oxygen atoms in total. The van der Waals surface area contributed by atoms with Crippen LogP contribution < -0.4 is 0 Å². The molecule has 1 atom stereocenters. The first-order chi connectivity index (χ1) is 8.19. The lowest BCUT2D eigenvalue weighted by molar-refractivity contribution is 0.179. The first kappa shape index (κ1) is 12.6. The van der Waals surface area contributed by atoms with Crippen molar-refractivity contribution in [2.45, 2.75) is 25.9 Å². The Morgan fingerprint density at radius 1 is 1.24 bits per heavy atom. The molecule has 3 heteroatoms. The van der Waals surface area contributed by atoms with E-state index in [0.29, 0.717) is 11.4 Å². The van der Waals surface area contributed by atoms with E-state index in [1.54, 1.807) is 11.3 Å². The van der Waals surface area contributed by atoms with E-state index in [1.165, 1.54) is 9.75 Å². The van der Waals surface area contributed by atoms with Gasteiger partial charge in [-0.2, -0.15) is 0 Å². The number of aliphatic hydroxyl groups is 1. The van der Waals surface area contributed by atoms with E-state index < -0.39 is 6.10 Å². The van der Waals surface area contributed by atoms with Gasteiger partial charge in [-0.05, 0) is 36.2 Å². The number of aliphatic hydroxyl groups excluding tert-OH is 1. The highest BCUT2D eigenvalue weighted by atomic mass is 35.5. The van der Waals surface area contributed by atoms with Crippen LogP contribution in [0.4, 0.5) is 0 Å². The number of hydrogen-bond donors (Lipinski definition) is 1. The number of hydrogen-bond acceptors (Lipinski definition) is 2. The molecule has 2 rings (SSSR count). The van der Waals surface area contributed by atoms with Crippen molar-refractivity contribution in [3.8, 4) is 0 Å². The predicted molar refractivity (Wildman–Crippen MR) is 73.8 cm³/mol. The first-order valence-corrected chi connectivity index (χ1v) is 6.89. The number of thiophene rings is 1. The van der Waals surface area contributed by atoms with E-state index in [0.717, 1.165) is 12.0 Å². The predicted octanol–water partition coefficient (Wildman–Crippen LogP) is 4.24. The lowest BCUT2D eigenvalue weighted by atomic mass is 10.1. The van der Waals surface area contributed by atoms with Crippen LogP contribution in [-0.4, -0.2) is 5.11 Å². The van der Waals surface area contributed by atoms with E-state index in [9.17, 15) is 5.11 Å². The van der Waals surface area contributed by atoms with Crippen LogP contribution >= 0.6 is 22.9 Å². The van der Waals surface area contributed by atoms with Crippen molar-refractivity contribution in [2.24, 2.45) is 0 Å². The standard InChI is InChI=1S/C14H15ClOS/c1-2-12-6-7-13(17-12)9-14(16)10-4-3-5-11(15)8-10/h3-8,14,16H,2,9H2,1H3. The molecule has 0 radical (unpaired) electrons. The van der Waals surface area contributed by atoms with Gasteiger partial charge in [0.2, 0.25) is 0 Å². The number of rotatable bonds is 4. The number of aryl methyl sites for hydroxylation is 1. The maximum Gasteiger partial charge on any atom is 0.0838 e. The summed E-state index contributed by atoms with van der Waals surface area (Å²) < 4.78 is 0. The Labute approximate surface area is 111 Å². The number of halogens is 1. The molecule has 1 heterocycles. The second-order valence-corrected chi connectivity index (χ2v) is 5.69. The fourth-order valence-electron chi connectivity index (χ4n) is 1.74. The van der Waals surface area contributed by atoms with Crippen molar-refractivity contribution < 1.29 is 5.11 Å². The molecule has 0 fully saturated rings. The summed E-state index contributed by atoms with van der Waals surface area (Å²) in [6, 6.07) is 11.6.